The van der Waals surface area contributed by atoms with Crippen LogP contribution in [0.25, 0.3) is 0 Å². The van der Waals surface area contributed by atoms with Crippen LogP contribution in [0.5, 0.6) is 0 Å². The fourth-order valence-electron chi connectivity index (χ4n) is 2.96. The number of furan rings is 3. The average Bonchev–Trinajstić information content (AvgIpc) is 3.05. The third kappa shape index (κ3) is 3.58. The number of nitrogens with zero attached hydrogens (tertiary/aromatic N) is 1. The Kier molecular flexibility index (Phi) is 4.29. The standard InChI is InChI=1S/C19H18BrNO4/c1-12-9-15(12)16-5-4-14(24-16)11-21(10-13-3-2-8-23-13)19(22)17-6-7-18(20)25-17/h2-8,12,15H,9-11H2,1H3. The summed E-state index contributed by atoms with van der Waals surface area (Å²) in [6.45, 7) is 2.92. The third-order valence-corrected chi connectivity index (χ3v) is 4.93. The quantitative estimate of drug-likeness (QED) is 0.567. The summed E-state index contributed by atoms with van der Waals surface area (Å²) in [6.07, 6.45) is 2.77. The summed E-state index contributed by atoms with van der Waals surface area (Å²) in [5.41, 5.74) is 0. The van der Waals surface area contributed by atoms with Crippen LogP contribution in [-0.2, 0) is 13.1 Å². The molecular weight excluding hydrogens is 386 g/mol. The molecule has 3 aromatic heterocycles. The van der Waals surface area contributed by atoms with Crippen LogP contribution in [0.2, 0.25) is 0 Å². The van der Waals surface area contributed by atoms with Crippen molar-refractivity contribution >= 4 is 21.8 Å². The molecule has 2 unspecified atom stereocenters. The second-order valence-electron chi connectivity index (χ2n) is 6.47. The number of rotatable bonds is 6. The number of amides is 1. The molecule has 4 rings (SSSR count). The van der Waals surface area contributed by atoms with Gasteiger partial charge in [0.2, 0.25) is 0 Å². The van der Waals surface area contributed by atoms with E-state index in [0.29, 0.717) is 35.4 Å². The first kappa shape index (κ1) is 16.3. The molecule has 25 heavy (non-hydrogen) atoms. The molecule has 0 saturated heterocycles. The van der Waals surface area contributed by atoms with E-state index in [2.05, 4.69) is 22.9 Å². The Morgan fingerprint density at radius 2 is 1.96 bits per heavy atom. The fraction of sp³-hybridized carbons (Fsp3) is 0.316. The van der Waals surface area contributed by atoms with Gasteiger partial charge in [0, 0.05) is 5.92 Å². The van der Waals surface area contributed by atoms with Crippen molar-refractivity contribution in [2.45, 2.75) is 32.4 Å². The molecule has 0 bridgehead atoms. The number of carbonyl (C=O) groups is 1. The molecule has 0 N–H and O–H groups in total. The van der Waals surface area contributed by atoms with Crippen LogP contribution in [0.15, 0.2) is 60.6 Å². The van der Waals surface area contributed by atoms with Crippen LogP contribution in [0.4, 0.5) is 0 Å². The molecule has 130 valence electrons. The number of hydrogen-bond acceptors (Lipinski definition) is 4. The molecule has 1 amide bonds. The summed E-state index contributed by atoms with van der Waals surface area (Å²) in [4.78, 5) is 14.5. The van der Waals surface area contributed by atoms with Gasteiger partial charge in [-0.25, -0.2) is 0 Å². The maximum atomic E-state index is 12.8. The van der Waals surface area contributed by atoms with Gasteiger partial charge in [-0.3, -0.25) is 4.79 Å². The van der Waals surface area contributed by atoms with Gasteiger partial charge in [-0.2, -0.15) is 0 Å². The first-order valence-corrected chi connectivity index (χ1v) is 9.05. The van der Waals surface area contributed by atoms with Gasteiger partial charge in [0.25, 0.3) is 5.91 Å². The van der Waals surface area contributed by atoms with E-state index < -0.39 is 0 Å². The Bertz CT molecular complexity index is 864. The van der Waals surface area contributed by atoms with E-state index in [1.807, 2.05) is 18.2 Å². The zero-order chi connectivity index (χ0) is 17.4. The minimum absolute atomic E-state index is 0.208. The zero-order valence-electron chi connectivity index (χ0n) is 13.8. The van der Waals surface area contributed by atoms with Crippen molar-refractivity contribution < 1.29 is 18.0 Å². The summed E-state index contributed by atoms with van der Waals surface area (Å²) in [6, 6.07) is 11.0. The summed E-state index contributed by atoms with van der Waals surface area (Å²) in [5, 5.41) is 0. The van der Waals surface area contributed by atoms with Gasteiger partial charge in [-0.15, -0.1) is 0 Å². The molecule has 1 fully saturated rings. The normalized spacial score (nSPS) is 19.1. The first-order chi connectivity index (χ1) is 12.1. The highest BCUT2D eigenvalue weighted by Gasteiger charge is 2.36. The monoisotopic (exact) mass is 403 g/mol. The highest BCUT2D eigenvalue weighted by atomic mass is 79.9. The minimum Gasteiger partial charge on any atom is -0.467 e. The minimum atomic E-state index is -0.208. The Balaban J connectivity index is 1.54. The molecule has 3 aromatic rings. The van der Waals surface area contributed by atoms with Crippen molar-refractivity contribution in [2.75, 3.05) is 0 Å². The zero-order valence-corrected chi connectivity index (χ0v) is 15.4. The van der Waals surface area contributed by atoms with E-state index in [1.54, 1.807) is 29.4 Å². The summed E-state index contributed by atoms with van der Waals surface area (Å²) >= 11 is 3.23. The third-order valence-electron chi connectivity index (χ3n) is 4.50. The van der Waals surface area contributed by atoms with Gasteiger partial charge in [0.15, 0.2) is 10.4 Å². The van der Waals surface area contributed by atoms with Gasteiger partial charge < -0.3 is 18.2 Å². The average molecular weight is 404 g/mol. The molecule has 0 radical (unpaired) electrons. The topological polar surface area (TPSA) is 59.7 Å². The molecule has 1 saturated carbocycles. The van der Waals surface area contributed by atoms with Gasteiger partial charge in [0.05, 0.1) is 19.4 Å². The summed E-state index contributed by atoms with van der Waals surface area (Å²) < 4.78 is 17.3. The Hall–Kier alpha value is -2.21. The number of halogens is 1. The number of carbonyl (C=O) groups excluding carboxylic acids is 1. The molecule has 0 aromatic carbocycles. The SMILES string of the molecule is CC1CC1c1ccc(CN(Cc2ccco2)C(=O)c2ccc(Br)o2)o1. The van der Waals surface area contributed by atoms with Crippen molar-refractivity contribution in [1.29, 1.82) is 0 Å². The van der Waals surface area contributed by atoms with Crippen molar-refractivity contribution in [2.24, 2.45) is 5.92 Å². The molecule has 0 spiro atoms. The van der Waals surface area contributed by atoms with E-state index in [1.165, 1.54) is 6.42 Å². The van der Waals surface area contributed by atoms with Gasteiger partial charge in [-0.1, -0.05) is 6.92 Å². The van der Waals surface area contributed by atoms with E-state index in [0.717, 1.165) is 11.5 Å². The lowest BCUT2D eigenvalue weighted by atomic mass is 10.2. The van der Waals surface area contributed by atoms with Crippen LogP contribution in [0.1, 0.15) is 47.1 Å². The molecule has 2 atom stereocenters. The van der Waals surface area contributed by atoms with Crippen LogP contribution in [0.3, 0.4) is 0 Å². The number of hydrogen-bond donors (Lipinski definition) is 0. The maximum absolute atomic E-state index is 12.8. The van der Waals surface area contributed by atoms with Crippen LogP contribution in [-0.4, -0.2) is 10.8 Å². The lowest BCUT2D eigenvalue weighted by Gasteiger charge is -2.19. The Morgan fingerprint density at radius 1 is 1.16 bits per heavy atom. The highest BCUT2D eigenvalue weighted by molar-refractivity contribution is 9.10. The molecule has 1 aliphatic carbocycles. The fourth-order valence-corrected chi connectivity index (χ4v) is 3.27. The molecule has 6 heteroatoms. The molecule has 3 heterocycles. The predicted molar refractivity (Wildman–Crippen MR) is 93.9 cm³/mol. The smallest absolute Gasteiger partial charge is 0.290 e. The molecule has 1 aliphatic rings. The van der Waals surface area contributed by atoms with Crippen molar-refractivity contribution in [3.63, 3.8) is 0 Å². The maximum Gasteiger partial charge on any atom is 0.290 e. The van der Waals surface area contributed by atoms with Crippen molar-refractivity contribution in [3.05, 3.63) is 70.4 Å². The molecule has 5 nitrogen and oxygen atoms in total. The van der Waals surface area contributed by atoms with Gasteiger partial charge in [-0.05, 0) is 64.7 Å². The molecule has 0 aliphatic heterocycles. The summed E-state index contributed by atoms with van der Waals surface area (Å²) in [5.74, 6) is 3.75. The Morgan fingerprint density at radius 3 is 2.60 bits per heavy atom. The lowest BCUT2D eigenvalue weighted by molar-refractivity contribution is 0.0670. The largest absolute Gasteiger partial charge is 0.467 e. The van der Waals surface area contributed by atoms with Gasteiger partial charge in [0.1, 0.15) is 17.3 Å². The summed E-state index contributed by atoms with van der Waals surface area (Å²) in [7, 11) is 0. The molecular formula is C19H18BrNO4. The van der Waals surface area contributed by atoms with E-state index in [-0.39, 0.29) is 11.7 Å². The van der Waals surface area contributed by atoms with E-state index in [4.69, 9.17) is 13.3 Å². The van der Waals surface area contributed by atoms with Crippen LogP contribution < -0.4 is 0 Å². The van der Waals surface area contributed by atoms with Crippen LogP contribution in [0, 0.1) is 5.92 Å². The highest BCUT2D eigenvalue weighted by Crippen LogP contribution is 2.47. The van der Waals surface area contributed by atoms with E-state index >= 15 is 0 Å². The lowest BCUT2D eigenvalue weighted by Crippen LogP contribution is -2.29. The first-order valence-electron chi connectivity index (χ1n) is 8.26. The van der Waals surface area contributed by atoms with Crippen LogP contribution >= 0.6 is 15.9 Å². The Labute approximate surface area is 153 Å². The second-order valence-corrected chi connectivity index (χ2v) is 7.25. The van der Waals surface area contributed by atoms with Gasteiger partial charge >= 0.3 is 0 Å². The predicted octanol–water partition coefficient (Wildman–Crippen LogP) is 5.19. The van der Waals surface area contributed by atoms with Crippen molar-refractivity contribution in [3.8, 4) is 0 Å². The van der Waals surface area contributed by atoms with E-state index in [9.17, 15) is 4.79 Å². The van der Waals surface area contributed by atoms with Crippen molar-refractivity contribution in [1.82, 2.24) is 4.90 Å². The second kappa shape index (κ2) is 6.59.